The van der Waals surface area contributed by atoms with Crippen LogP contribution in [0.25, 0.3) is 0 Å². The molecule has 1 N–H and O–H groups in total. The third-order valence-electron chi connectivity index (χ3n) is 2.56. The molecule has 5 heteroatoms. The van der Waals surface area contributed by atoms with Crippen LogP contribution in [0.4, 0.5) is 0 Å². The maximum Gasteiger partial charge on any atom is 0.0235 e. The van der Waals surface area contributed by atoms with Gasteiger partial charge in [-0.1, -0.05) is 0 Å². The van der Waals surface area contributed by atoms with E-state index in [2.05, 4.69) is 22.0 Å². The number of alkyl halides is 1. The van der Waals surface area contributed by atoms with E-state index < -0.39 is 0 Å². The molecular formula is C11H23ClN2S2. The Balaban J connectivity index is 0.000000181. The normalized spacial score (nSPS) is 22.3. The first kappa shape index (κ1) is 15.0. The van der Waals surface area contributed by atoms with E-state index in [1.54, 1.807) is 0 Å². The van der Waals surface area contributed by atoms with Crippen LogP contribution in [0.2, 0.25) is 0 Å². The first-order chi connectivity index (χ1) is 7.93. The summed E-state index contributed by atoms with van der Waals surface area (Å²) in [7, 11) is 0. The molecule has 0 aliphatic carbocycles. The van der Waals surface area contributed by atoms with Crippen molar-refractivity contribution in [1.82, 2.24) is 10.2 Å². The third kappa shape index (κ3) is 8.07. The molecule has 2 heterocycles. The smallest absolute Gasteiger partial charge is 0.0235 e. The lowest BCUT2D eigenvalue weighted by Crippen LogP contribution is -2.33. The van der Waals surface area contributed by atoms with Gasteiger partial charge in [0.25, 0.3) is 0 Å². The molecule has 0 aromatic heterocycles. The van der Waals surface area contributed by atoms with Crippen molar-refractivity contribution in [2.24, 2.45) is 0 Å². The molecule has 2 aliphatic heterocycles. The van der Waals surface area contributed by atoms with E-state index in [1.807, 2.05) is 11.8 Å². The molecule has 2 nitrogen and oxygen atoms in total. The Hall–Kier alpha value is 0.910. The third-order valence-corrected chi connectivity index (χ3v) is 4.75. The van der Waals surface area contributed by atoms with Crippen LogP contribution in [0.1, 0.15) is 6.42 Å². The second-order valence-electron chi connectivity index (χ2n) is 3.86. The first-order valence-corrected chi connectivity index (χ1v) is 8.92. The number of rotatable bonds is 3. The highest BCUT2D eigenvalue weighted by molar-refractivity contribution is 7.99. The zero-order chi connectivity index (χ0) is 11.5. The van der Waals surface area contributed by atoms with Crippen molar-refractivity contribution in [3.05, 3.63) is 0 Å². The molecule has 16 heavy (non-hydrogen) atoms. The summed E-state index contributed by atoms with van der Waals surface area (Å²) < 4.78 is 0. The second kappa shape index (κ2) is 11.0. The van der Waals surface area contributed by atoms with E-state index in [4.69, 9.17) is 11.6 Å². The molecule has 2 rings (SSSR count). The maximum absolute atomic E-state index is 5.59. The standard InChI is InChI=1S/C7H14ClNS.C4H9NS/c8-2-1-3-9-4-6-10-7-5-9;1-3-6-4-2-5-1/h1-7H2;5H,1-4H2. The summed E-state index contributed by atoms with van der Waals surface area (Å²) in [5.41, 5.74) is 0. The van der Waals surface area contributed by atoms with Gasteiger partial charge in [-0.2, -0.15) is 23.5 Å². The monoisotopic (exact) mass is 282 g/mol. The molecule has 96 valence electrons. The molecule has 0 aromatic rings. The summed E-state index contributed by atoms with van der Waals surface area (Å²) in [6.45, 7) is 6.16. The van der Waals surface area contributed by atoms with E-state index in [1.165, 1.54) is 55.7 Å². The van der Waals surface area contributed by atoms with Crippen molar-refractivity contribution in [3.8, 4) is 0 Å². The maximum atomic E-state index is 5.59. The Bertz CT molecular complexity index is 139. The minimum Gasteiger partial charge on any atom is -0.315 e. The predicted molar refractivity (Wildman–Crippen MR) is 79.3 cm³/mol. The summed E-state index contributed by atoms with van der Waals surface area (Å²) in [5.74, 6) is 6.04. The fraction of sp³-hybridized carbons (Fsp3) is 1.00. The molecule has 2 saturated heterocycles. The van der Waals surface area contributed by atoms with Crippen molar-refractivity contribution < 1.29 is 0 Å². The highest BCUT2D eigenvalue weighted by Crippen LogP contribution is 2.08. The summed E-state index contributed by atoms with van der Waals surface area (Å²) >= 11 is 9.68. The van der Waals surface area contributed by atoms with Crippen LogP contribution in [-0.4, -0.2) is 66.5 Å². The Labute approximate surface area is 113 Å². The van der Waals surface area contributed by atoms with Crippen LogP contribution in [0.3, 0.4) is 0 Å². The Morgan fingerprint density at radius 1 is 1.00 bits per heavy atom. The highest BCUT2D eigenvalue weighted by atomic mass is 35.5. The number of nitrogens with zero attached hydrogens (tertiary/aromatic N) is 1. The van der Waals surface area contributed by atoms with Crippen molar-refractivity contribution >= 4 is 35.1 Å². The zero-order valence-corrected chi connectivity index (χ0v) is 12.3. The lowest BCUT2D eigenvalue weighted by atomic mass is 10.4. The number of hydrogen-bond acceptors (Lipinski definition) is 4. The van der Waals surface area contributed by atoms with Gasteiger partial charge in [0.2, 0.25) is 0 Å². The molecule has 0 bridgehead atoms. The molecule has 0 amide bonds. The Morgan fingerprint density at radius 3 is 2.06 bits per heavy atom. The topological polar surface area (TPSA) is 15.3 Å². The number of nitrogens with one attached hydrogen (secondary N) is 1. The minimum absolute atomic E-state index is 0.809. The van der Waals surface area contributed by atoms with Gasteiger partial charge >= 0.3 is 0 Å². The lowest BCUT2D eigenvalue weighted by Gasteiger charge is -2.25. The summed E-state index contributed by atoms with van der Waals surface area (Å²) in [4.78, 5) is 2.50. The van der Waals surface area contributed by atoms with Gasteiger partial charge in [0, 0.05) is 55.1 Å². The molecule has 0 saturated carbocycles. The number of thioether (sulfide) groups is 2. The summed E-state index contributed by atoms with van der Waals surface area (Å²) in [6, 6.07) is 0. The molecular weight excluding hydrogens is 260 g/mol. The van der Waals surface area contributed by atoms with E-state index in [0.29, 0.717) is 0 Å². The predicted octanol–water partition coefficient (Wildman–Crippen LogP) is 1.99. The molecule has 0 aromatic carbocycles. The fourth-order valence-electron chi connectivity index (χ4n) is 1.62. The highest BCUT2D eigenvalue weighted by Gasteiger charge is 2.08. The van der Waals surface area contributed by atoms with Gasteiger partial charge in [-0.15, -0.1) is 11.6 Å². The van der Waals surface area contributed by atoms with Crippen LogP contribution in [0.15, 0.2) is 0 Å². The SMILES string of the molecule is C1CSCCN1.ClCCCN1CCSCC1. The largest absolute Gasteiger partial charge is 0.315 e. The van der Waals surface area contributed by atoms with Crippen LogP contribution >= 0.6 is 35.1 Å². The van der Waals surface area contributed by atoms with Crippen molar-refractivity contribution in [2.45, 2.75) is 6.42 Å². The second-order valence-corrected chi connectivity index (χ2v) is 6.69. The number of halogens is 1. The van der Waals surface area contributed by atoms with Crippen molar-refractivity contribution in [1.29, 1.82) is 0 Å². The Morgan fingerprint density at radius 2 is 1.62 bits per heavy atom. The molecule has 2 aliphatic rings. The molecule has 0 unspecified atom stereocenters. The quantitative estimate of drug-likeness (QED) is 0.796. The van der Waals surface area contributed by atoms with E-state index >= 15 is 0 Å². The van der Waals surface area contributed by atoms with E-state index in [-0.39, 0.29) is 0 Å². The van der Waals surface area contributed by atoms with Crippen molar-refractivity contribution in [3.63, 3.8) is 0 Å². The van der Waals surface area contributed by atoms with Crippen LogP contribution in [0.5, 0.6) is 0 Å². The van der Waals surface area contributed by atoms with E-state index in [0.717, 1.165) is 12.3 Å². The van der Waals surface area contributed by atoms with Gasteiger partial charge < -0.3 is 10.2 Å². The molecule has 0 radical (unpaired) electrons. The van der Waals surface area contributed by atoms with Gasteiger partial charge in [0.05, 0.1) is 0 Å². The Kier molecular flexibility index (Phi) is 10.3. The summed E-state index contributed by atoms with van der Waals surface area (Å²) in [6.07, 6.45) is 1.15. The lowest BCUT2D eigenvalue weighted by molar-refractivity contribution is 0.304. The van der Waals surface area contributed by atoms with E-state index in [9.17, 15) is 0 Å². The average Bonchev–Trinajstić information content (AvgIpc) is 2.40. The van der Waals surface area contributed by atoms with Gasteiger partial charge in [-0.3, -0.25) is 0 Å². The zero-order valence-electron chi connectivity index (χ0n) is 9.92. The first-order valence-electron chi connectivity index (χ1n) is 6.08. The van der Waals surface area contributed by atoms with Crippen LogP contribution in [-0.2, 0) is 0 Å². The van der Waals surface area contributed by atoms with Crippen molar-refractivity contribution in [2.75, 3.05) is 61.6 Å². The van der Waals surface area contributed by atoms with Gasteiger partial charge in [0.15, 0.2) is 0 Å². The molecule has 0 spiro atoms. The number of hydrogen-bond donors (Lipinski definition) is 1. The van der Waals surface area contributed by atoms with Gasteiger partial charge in [-0.25, -0.2) is 0 Å². The molecule has 2 fully saturated rings. The van der Waals surface area contributed by atoms with Gasteiger partial charge in [0.1, 0.15) is 0 Å². The minimum atomic E-state index is 0.809. The van der Waals surface area contributed by atoms with Gasteiger partial charge in [-0.05, 0) is 13.0 Å². The summed E-state index contributed by atoms with van der Waals surface area (Å²) in [5, 5.41) is 3.26. The average molecular weight is 283 g/mol. The van der Waals surface area contributed by atoms with Crippen LogP contribution in [0, 0.1) is 0 Å². The fourth-order valence-corrected chi connectivity index (χ4v) is 3.50. The molecule has 0 atom stereocenters. The van der Waals surface area contributed by atoms with Crippen LogP contribution < -0.4 is 5.32 Å².